The summed E-state index contributed by atoms with van der Waals surface area (Å²) in [6, 6.07) is 9.71. The molecule has 1 heterocycles. The molecule has 2 aromatic carbocycles. The maximum Gasteiger partial charge on any atom is 0.416 e. The van der Waals surface area contributed by atoms with Crippen LogP contribution in [0.5, 0.6) is 0 Å². The van der Waals surface area contributed by atoms with Crippen LogP contribution in [0.1, 0.15) is 40.8 Å². The third-order valence-corrected chi connectivity index (χ3v) is 6.63. The van der Waals surface area contributed by atoms with E-state index in [1.807, 2.05) is 12.1 Å². The Bertz CT molecular complexity index is 935. The lowest BCUT2D eigenvalue weighted by Gasteiger charge is -2.44. The highest BCUT2D eigenvalue weighted by Gasteiger charge is 2.43. The number of ether oxygens (including phenoxy) is 1. The Hall–Kier alpha value is -1.52. The van der Waals surface area contributed by atoms with E-state index >= 15 is 0 Å². The molecule has 1 fully saturated rings. The number of alkyl halides is 6. The molecule has 0 amide bonds. The summed E-state index contributed by atoms with van der Waals surface area (Å²) in [4.78, 5) is 2.34. The van der Waals surface area contributed by atoms with Crippen LogP contribution in [0.25, 0.3) is 0 Å². The highest BCUT2D eigenvalue weighted by Crippen LogP contribution is 2.39. The van der Waals surface area contributed by atoms with Gasteiger partial charge in [0.15, 0.2) is 0 Å². The van der Waals surface area contributed by atoms with Gasteiger partial charge in [-0.3, -0.25) is 4.90 Å². The van der Waals surface area contributed by atoms with Crippen LogP contribution < -0.4 is 5.32 Å². The van der Waals surface area contributed by atoms with E-state index in [0.29, 0.717) is 0 Å². The Kier molecular flexibility index (Phi) is 9.55. The van der Waals surface area contributed by atoms with Crippen LogP contribution in [0, 0.1) is 0 Å². The van der Waals surface area contributed by atoms with Crippen molar-refractivity contribution in [3.8, 4) is 0 Å². The van der Waals surface area contributed by atoms with Gasteiger partial charge in [0.05, 0.1) is 29.4 Å². The molecule has 0 aromatic heterocycles. The first-order valence-electron chi connectivity index (χ1n) is 10.9. The lowest BCUT2D eigenvalue weighted by Crippen LogP contribution is -2.59. The average molecular weight is 545 g/mol. The molecule has 1 atom stereocenters. The quantitative estimate of drug-likeness (QED) is 0.461. The van der Waals surface area contributed by atoms with E-state index < -0.39 is 29.6 Å². The van der Waals surface area contributed by atoms with Gasteiger partial charge in [0.2, 0.25) is 0 Å². The summed E-state index contributed by atoms with van der Waals surface area (Å²) < 4.78 is 85.6. The zero-order valence-corrected chi connectivity index (χ0v) is 20.6. The minimum absolute atomic E-state index is 0. The fourth-order valence-corrected chi connectivity index (χ4v) is 4.82. The van der Waals surface area contributed by atoms with Crippen molar-refractivity contribution < 1.29 is 31.1 Å². The molecular formula is C24H28Cl2F6N2O. The predicted molar refractivity (Wildman–Crippen MR) is 126 cm³/mol. The summed E-state index contributed by atoms with van der Waals surface area (Å²) in [6.07, 6.45) is -9.24. The second kappa shape index (κ2) is 11.3. The number of benzene rings is 2. The zero-order chi connectivity index (χ0) is 23.9. The van der Waals surface area contributed by atoms with Crippen LogP contribution in [-0.2, 0) is 29.9 Å². The third-order valence-electron chi connectivity index (χ3n) is 6.63. The predicted octanol–water partition coefficient (Wildman–Crippen LogP) is 6.09. The zero-order valence-electron chi connectivity index (χ0n) is 19.0. The molecule has 1 aliphatic carbocycles. The number of hydrogen-bond donors (Lipinski definition) is 1. The molecule has 1 aliphatic heterocycles. The van der Waals surface area contributed by atoms with Crippen LogP contribution in [0.4, 0.5) is 26.3 Å². The molecule has 0 bridgehead atoms. The van der Waals surface area contributed by atoms with E-state index in [4.69, 9.17) is 4.74 Å². The molecule has 4 rings (SSSR count). The lowest BCUT2D eigenvalue weighted by molar-refractivity contribution is -0.143. The van der Waals surface area contributed by atoms with Crippen LogP contribution in [0.2, 0.25) is 0 Å². The van der Waals surface area contributed by atoms with E-state index in [9.17, 15) is 26.3 Å². The van der Waals surface area contributed by atoms with E-state index in [2.05, 4.69) is 22.3 Å². The molecule has 196 valence electrons. The SMILES string of the molecule is C[C@H](OCC1(N2CCNCC2)Cc2ccccc2C1)c1cc(C(F)(F)F)cc(C(F)(F)F)c1.Cl.Cl. The minimum Gasteiger partial charge on any atom is -0.372 e. The van der Waals surface area contributed by atoms with Crippen molar-refractivity contribution in [2.45, 2.75) is 43.8 Å². The summed E-state index contributed by atoms with van der Waals surface area (Å²) in [7, 11) is 0. The van der Waals surface area contributed by atoms with Crippen molar-refractivity contribution in [1.29, 1.82) is 0 Å². The summed E-state index contributed by atoms with van der Waals surface area (Å²) in [6.45, 7) is 4.94. The van der Waals surface area contributed by atoms with E-state index in [0.717, 1.165) is 51.2 Å². The maximum absolute atomic E-state index is 13.3. The number of hydrogen-bond acceptors (Lipinski definition) is 3. The molecule has 3 nitrogen and oxygen atoms in total. The van der Waals surface area contributed by atoms with Crippen molar-refractivity contribution >= 4 is 24.8 Å². The van der Waals surface area contributed by atoms with E-state index in [1.54, 1.807) is 0 Å². The number of fused-ring (bicyclic) bond motifs is 1. The van der Waals surface area contributed by atoms with Crippen molar-refractivity contribution in [2.24, 2.45) is 0 Å². The molecule has 0 spiro atoms. The summed E-state index contributed by atoms with van der Waals surface area (Å²) in [5.41, 5.74) is -0.769. The summed E-state index contributed by atoms with van der Waals surface area (Å²) in [5, 5.41) is 3.31. The molecule has 11 heteroatoms. The van der Waals surface area contributed by atoms with Crippen molar-refractivity contribution in [3.63, 3.8) is 0 Å². The Morgan fingerprint density at radius 1 is 0.886 bits per heavy atom. The monoisotopic (exact) mass is 544 g/mol. The van der Waals surface area contributed by atoms with Gasteiger partial charge in [0.1, 0.15) is 0 Å². The molecule has 0 radical (unpaired) electrons. The standard InChI is InChI=1S/C24H26F6N2O.2ClH/c1-16(19-10-20(23(25,26)27)12-21(11-19)24(28,29)30)33-15-22(32-8-6-31-7-9-32)13-17-4-2-3-5-18(17)14-22;;/h2-5,10-12,16,31H,6-9,13-15H2,1H3;2*1H/t16-;;/m0../s1. The van der Waals surface area contributed by atoms with Crippen LogP contribution in [0.15, 0.2) is 42.5 Å². The Morgan fingerprint density at radius 3 is 1.83 bits per heavy atom. The number of nitrogens with zero attached hydrogens (tertiary/aromatic N) is 1. The number of nitrogens with one attached hydrogen (secondary N) is 1. The number of halogens is 8. The Labute approximate surface area is 213 Å². The fourth-order valence-electron chi connectivity index (χ4n) is 4.82. The topological polar surface area (TPSA) is 24.5 Å². The average Bonchev–Trinajstić information content (AvgIpc) is 3.16. The van der Waals surface area contributed by atoms with Gasteiger partial charge in [-0.15, -0.1) is 24.8 Å². The van der Waals surface area contributed by atoms with Gasteiger partial charge in [-0.05, 0) is 54.7 Å². The summed E-state index contributed by atoms with van der Waals surface area (Å²) in [5.74, 6) is 0. The van der Waals surface area contributed by atoms with Gasteiger partial charge in [0, 0.05) is 26.2 Å². The Balaban J connectivity index is 0.00000216. The molecule has 35 heavy (non-hydrogen) atoms. The smallest absolute Gasteiger partial charge is 0.372 e. The third kappa shape index (κ3) is 6.63. The van der Waals surface area contributed by atoms with Gasteiger partial charge >= 0.3 is 12.4 Å². The summed E-state index contributed by atoms with van der Waals surface area (Å²) >= 11 is 0. The normalized spacial score (nSPS) is 18.8. The second-order valence-electron chi connectivity index (χ2n) is 8.88. The van der Waals surface area contributed by atoms with Gasteiger partial charge in [-0.1, -0.05) is 24.3 Å². The van der Waals surface area contributed by atoms with Crippen LogP contribution in [0.3, 0.4) is 0 Å². The molecule has 0 unspecified atom stereocenters. The van der Waals surface area contributed by atoms with Gasteiger partial charge in [-0.25, -0.2) is 0 Å². The van der Waals surface area contributed by atoms with Gasteiger partial charge < -0.3 is 10.1 Å². The molecule has 2 aliphatic rings. The number of rotatable bonds is 5. The van der Waals surface area contributed by atoms with Gasteiger partial charge in [-0.2, -0.15) is 26.3 Å². The largest absolute Gasteiger partial charge is 0.416 e. The lowest BCUT2D eigenvalue weighted by atomic mass is 9.93. The van der Waals surface area contributed by atoms with Crippen molar-refractivity contribution in [1.82, 2.24) is 10.2 Å². The van der Waals surface area contributed by atoms with Crippen LogP contribution >= 0.6 is 24.8 Å². The maximum atomic E-state index is 13.3. The first kappa shape index (κ1) is 29.7. The molecule has 1 N–H and O–H groups in total. The molecule has 1 saturated heterocycles. The number of piperazine rings is 1. The van der Waals surface area contributed by atoms with Crippen molar-refractivity contribution in [3.05, 3.63) is 70.3 Å². The Morgan fingerprint density at radius 2 is 1.37 bits per heavy atom. The van der Waals surface area contributed by atoms with Crippen molar-refractivity contribution in [2.75, 3.05) is 32.8 Å². The minimum atomic E-state index is -4.88. The molecule has 2 aromatic rings. The highest BCUT2D eigenvalue weighted by atomic mass is 35.5. The van der Waals surface area contributed by atoms with Gasteiger partial charge in [0.25, 0.3) is 0 Å². The van der Waals surface area contributed by atoms with E-state index in [-0.39, 0.29) is 48.6 Å². The van der Waals surface area contributed by atoms with Crippen LogP contribution in [-0.4, -0.2) is 43.2 Å². The first-order chi connectivity index (χ1) is 15.5. The first-order valence-corrected chi connectivity index (χ1v) is 10.9. The molecule has 0 saturated carbocycles. The van der Waals surface area contributed by atoms with E-state index in [1.165, 1.54) is 18.1 Å². The fraction of sp³-hybridized carbons (Fsp3) is 0.500. The molecular weight excluding hydrogens is 517 g/mol. The second-order valence-corrected chi connectivity index (χ2v) is 8.88. The highest BCUT2D eigenvalue weighted by molar-refractivity contribution is 5.85.